The van der Waals surface area contributed by atoms with E-state index >= 15 is 0 Å². The summed E-state index contributed by atoms with van der Waals surface area (Å²) in [6.07, 6.45) is 0.796. The van der Waals surface area contributed by atoms with Crippen LogP contribution in [0.25, 0.3) is 0 Å². The number of rotatable bonds is 7. The Bertz CT molecular complexity index is 824. The Labute approximate surface area is 200 Å². The molecule has 2 amide bonds. The smallest absolute Gasteiger partial charge is 0.312 e. The lowest BCUT2D eigenvalue weighted by molar-refractivity contribution is 0.0406. The van der Waals surface area contributed by atoms with Crippen molar-refractivity contribution in [3.05, 3.63) is 41.6 Å². The number of anilines is 1. The summed E-state index contributed by atoms with van der Waals surface area (Å²) in [5.41, 5.74) is 4.25. The fraction of sp³-hybridized carbons (Fsp3) is 0.654. The Morgan fingerprint density at radius 1 is 0.909 bits per heavy atom. The fourth-order valence-electron chi connectivity index (χ4n) is 5.16. The molecule has 7 heteroatoms. The molecule has 3 aliphatic heterocycles. The van der Waals surface area contributed by atoms with Crippen molar-refractivity contribution in [3.8, 4) is 0 Å². The summed E-state index contributed by atoms with van der Waals surface area (Å²) in [5, 5.41) is 2.87. The van der Waals surface area contributed by atoms with E-state index in [-0.39, 0.29) is 6.03 Å². The average molecular weight is 455 g/mol. The number of aryl methyl sites for hydroxylation is 1. The van der Waals surface area contributed by atoms with Gasteiger partial charge >= 0.3 is 6.03 Å². The summed E-state index contributed by atoms with van der Waals surface area (Å²) in [7, 11) is 0. The monoisotopic (exact) mass is 454 g/mol. The van der Waals surface area contributed by atoms with Crippen molar-refractivity contribution in [2.24, 2.45) is 5.92 Å². The summed E-state index contributed by atoms with van der Waals surface area (Å²) >= 11 is 0. The number of carbonyl (C=O) groups is 1. The maximum absolute atomic E-state index is 12.5. The van der Waals surface area contributed by atoms with Crippen LogP contribution in [-0.2, 0) is 6.54 Å². The van der Waals surface area contributed by atoms with E-state index in [1.54, 1.807) is 0 Å². The zero-order valence-corrected chi connectivity index (χ0v) is 20.9. The second-order valence-corrected chi connectivity index (χ2v) is 10.4. The van der Waals surface area contributed by atoms with Gasteiger partial charge in [-0.15, -0.1) is 0 Å². The molecule has 0 atom stereocenters. The molecule has 0 bridgehead atoms. The Balaban J connectivity index is 1.24. The van der Waals surface area contributed by atoms with Gasteiger partial charge in [-0.05, 0) is 30.0 Å². The third-order valence-corrected chi connectivity index (χ3v) is 7.09. The molecule has 0 saturated carbocycles. The fourth-order valence-corrected chi connectivity index (χ4v) is 5.16. The normalized spacial score (nSPS) is 22.2. The van der Waals surface area contributed by atoms with Crippen LogP contribution in [0, 0.1) is 12.8 Å². The predicted octanol–water partition coefficient (Wildman–Crippen LogP) is 2.78. The molecule has 3 saturated heterocycles. The average Bonchev–Trinajstić information content (AvgIpc) is 2.78. The van der Waals surface area contributed by atoms with Gasteiger partial charge in [-0.1, -0.05) is 32.6 Å². The number of carbonyl (C=O) groups excluding carboxylic acids is 1. The van der Waals surface area contributed by atoms with Gasteiger partial charge in [0.1, 0.15) is 0 Å². The number of nitrogens with zero attached hydrogens (tertiary/aromatic N) is 5. The molecule has 1 N–H and O–H groups in total. The zero-order chi connectivity index (χ0) is 23.4. The van der Waals surface area contributed by atoms with Crippen LogP contribution in [0.5, 0.6) is 0 Å². The summed E-state index contributed by atoms with van der Waals surface area (Å²) in [5.74, 6) is 0.756. The Morgan fingerprint density at radius 2 is 1.52 bits per heavy atom. The topological polar surface area (TPSA) is 45.3 Å². The van der Waals surface area contributed by atoms with Crippen molar-refractivity contribution in [2.45, 2.75) is 33.7 Å². The Hall–Kier alpha value is -1.93. The highest BCUT2D eigenvalue weighted by Gasteiger charge is 2.25. The number of piperazine rings is 2. The third kappa shape index (κ3) is 6.57. The van der Waals surface area contributed by atoms with Crippen LogP contribution in [0.3, 0.4) is 0 Å². The number of benzene rings is 1. The first-order valence-corrected chi connectivity index (χ1v) is 12.6. The first-order valence-electron chi connectivity index (χ1n) is 12.6. The highest BCUT2D eigenvalue weighted by atomic mass is 16.2. The second-order valence-electron chi connectivity index (χ2n) is 10.4. The van der Waals surface area contributed by atoms with Gasteiger partial charge in [0.05, 0.1) is 6.67 Å². The number of hydrogen-bond acceptors (Lipinski definition) is 5. The van der Waals surface area contributed by atoms with E-state index in [1.165, 1.54) is 38.3 Å². The number of hydrogen-bond donors (Lipinski definition) is 1. The van der Waals surface area contributed by atoms with Crippen molar-refractivity contribution >= 4 is 11.7 Å². The molecule has 1 aromatic carbocycles. The molecule has 7 nitrogen and oxygen atoms in total. The van der Waals surface area contributed by atoms with Crippen LogP contribution in [0.15, 0.2) is 30.5 Å². The maximum Gasteiger partial charge on any atom is 0.326 e. The SMILES string of the molecule is C=C1CCN(c2cc(CN3CCN(CN4CCN(CC(C)C)CC4)CC3)ccc2C)C(=O)N1. The maximum atomic E-state index is 12.5. The third-order valence-electron chi connectivity index (χ3n) is 7.09. The lowest BCUT2D eigenvalue weighted by Crippen LogP contribution is -2.54. The molecule has 1 aromatic rings. The lowest BCUT2D eigenvalue weighted by atomic mass is 10.1. The molecule has 3 aliphatic rings. The second kappa shape index (κ2) is 11.0. The molecule has 0 radical (unpaired) electrons. The van der Waals surface area contributed by atoms with Gasteiger partial charge in [0, 0.05) is 89.8 Å². The van der Waals surface area contributed by atoms with E-state index in [1.807, 2.05) is 4.90 Å². The van der Waals surface area contributed by atoms with Crippen LogP contribution in [0.4, 0.5) is 10.5 Å². The van der Waals surface area contributed by atoms with E-state index in [4.69, 9.17) is 0 Å². The summed E-state index contributed by atoms with van der Waals surface area (Å²) < 4.78 is 0. The van der Waals surface area contributed by atoms with Crippen LogP contribution >= 0.6 is 0 Å². The van der Waals surface area contributed by atoms with E-state index in [0.29, 0.717) is 6.54 Å². The minimum Gasteiger partial charge on any atom is -0.312 e. The van der Waals surface area contributed by atoms with Gasteiger partial charge in [0.25, 0.3) is 0 Å². The molecule has 3 fully saturated rings. The molecular weight excluding hydrogens is 412 g/mol. The minimum absolute atomic E-state index is 0.0647. The summed E-state index contributed by atoms with van der Waals surface area (Å²) in [4.78, 5) is 24.7. The molecule has 0 unspecified atom stereocenters. The Morgan fingerprint density at radius 3 is 2.12 bits per heavy atom. The van der Waals surface area contributed by atoms with Crippen molar-refractivity contribution in [1.29, 1.82) is 0 Å². The van der Waals surface area contributed by atoms with Crippen LogP contribution in [-0.4, -0.2) is 97.7 Å². The van der Waals surface area contributed by atoms with E-state index in [9.17, 15) is 4.79 Å². The van der Waals surface area contributed by atoms with Crippen LogP contribution in [0.1, 0.15) is 31.4 Å². The molecule has 182 valence electrons. The van der Waals surface area contributed by atoms with Crippen molar-refractivity contribution < 1.29 is 4.79 Å². The van der Waals surface area contributed by atoms with Gasteiger partial charge < -0.3 is 10.2 Å². The van der Waals surface area contributed by atoms with Gasteiger partial charge in [0.15, 0.2) is 0 Å². The highest BCUT2D eigenvalue weighted by molar-refractivity contribution is 5.94. The molecule has 0 aromatic heterocycles. The lowest BCUT2D eigenvalue weighted by Gasteiger charge is -2.41. The number of urea groups is 1. The van der Waals surface area contributed by atoms with Crippen LogP contribution in [0.2, 0.25) is 0 Å². The Kier molecular flexibility index (Phi) is 8.07. The summed E-state index contributed by atoms with van der Waals surface area (Å²) in [6, 6.07) is 6.50. The van der Waals surface area contributed by atoms with Gasteiger partial charge in [-0.3, -0.25) is 19.6 Å². The summed E-state index contributed by atoms with van der Waals surface area (Å²) in [6.45, 7) is 23.8. The van der Waals surface area contributed by atoms with Crippen molar-refractivity contribution in [2.75, 3.05) is 77.0 Å². The molecule has 0 spiro atoms. The zero-order valence-electron chi connectivity index (χ0n) is 20.9. The molecule has 4 rings (SSSR count). The van der Waals surface area contributed by atoms with Gasteiger partial charge in [-0.25, -0.2) is 4.79 Å². The van der Waals surface area contributed by atoms with Crippen molar-refractivity contribution in [3.63, 3.8) is 0 Å². The number of nitrogens with one attached hydrogen (secondary N) is 1. The predicted molar refractivity (Wildman–Crippen MR) is 135 cm³/mol. The van der Waals surface area contributed by atoms with Crippen molar-refractivity contribution in [1.82, 2.24) is 24.9 Å². The highest BCUT2D eigenvalue weighted by Crippen LogP contribution is 2.25. The first kappa shape index (κ1) is 24.2. The molecule has 33 heavy (non-hydrogen) atoms. The quantitative estimate of drug-likeness (QED) is 0.687. The van der Waals surface area contributed by atoms with E-state index in [0.717, 1.165) is 68.7 Å². The van der Waals surface area contributed by atoms with Gasteiger partial charge in [0.2, 0.25) is 0 Å². The minimum atomic E-state index is -0.0647. The first-order chi connectivity index (χ1) is 15.9. The molecule has 0 aliphatic carbocycles. The van der Waals surface area contributed by atoms with E-state index in [2.05, 4.69) is 70.5 Å². The molecular formula is C26H42N6O. The van der Waals surface area contributed by atoms with Crippen LogP contribution < -0.4 is 10.2 Å². The molecule has 3 heterocycles. The number of amides is 2. The largest absolute Gasteiger partial charge is 0.326 e. The van der Waals surface area contributed by atoms with E-state index < -0.39 is 0 Å². The standard InChI is InChI=1S/C26H42N6O/c1-21(2)18-28-9-13-30(14-10-28)20-31-15-11-29(12-16-31)19-24-6-5-22(3)25(17-24)32-8-7-23(4)27-26(32)33/h5-6,17,21H,4,7-16,18-20H2,1-3H3,(H,27,33). The van der Waals surface area contributed by atoms with Gasteiger partial charge in [-0.2, -0.15) is 0 Å².